The third kappa shape index (κ3) is 3.91. The van der Waals surface area contributed by atoms with Crippen LogP contribution in [0.25, 0.3) is 0 Å². The summed E-state index contributed by atoms with van der Waals surface area (Å²) in [4.78, 5) is 0. The zero-order chi connectivity index (χ0) is 12.2. The second kappa shape index (κ2) is 5.82. The Bertz CT molecular complexity index is 242. The van der Waals surface area contributed by atoms with Gasteiger partial charge in [-0.3, -0.25) is 5.01 Å². The van der Waals surface area contributed by atoms with E-state index in [9.17, 15) is 0 Å². The summed E-state index contributed by atoms with van der Waals surface area (Å²) < 4.78 is 0. The first-order valence-electron chi connectivity index (χ1n) is 6.34. The van der Waals surface area contributed by atoms with Gasteiger partial charge in [0, 0.05) is 6.54 Å². The Morgan fingerprint density at radius 2 is 2.12 bits per heavy atom. The van der Waals surface area contributed by atoms with Crippen LogP contribution in [-0.4, -0.2) is 22.3 Å². The molecule has 1 saturated heterocycles. The van der Waals surface area contributed by atoms with E-state index in [1.807, 2.05) is 0 Å². The minimum atomic E-state index is -0.0376. The molecule has 1 heterocycles. The first-order chi connectivity index (χ1) is 7.47. The van der Waals surface area contributed by atoms with Crippen molar-refractivity contribution < 1.29 is 0 Å². The molecular formula is C12H25N3S. The fourth-order valence-electron chi connectivity index (χ4n) is 1.87. The van der Waals surface area contributed by atoms with Gasteiger partial charge >= 0.3 is 0 Å². The molecule has 0 spiro atoms. The van der Waals surface area contributed by atoms with E-state index in [0.29, 0.717) is 5.92 Å². The lowest BCUT2D eigenvalue weighted by molar-refractivity contribution is 0.211. The normalized spacial score (nSPS) is 25.3. The van der Waals surface area contributed by atoms with E-state index in [1.165, 1.54) is 19.3 Å². The number of nitrogens with one attached hydrogen (secondary N) is 2. The van der Waals surface area contributed by atoms with Crippen LogP contribution in [0.15, 0.2) is 0 Å². The summed E-state index contributed by atoms with van der Waals surface area (Å²) in [7, 11) is 0. The molecule has 94 valence electrons. The van der Waals surface area contributed by atoms with Gasteiger partial charge in [-0.2, -0.15) is 0 Å². The molecule has 1 rings (SSSR count). The maximum absolute atomic E-state index is 5.34. The van der Waals surface area contributed by atoms with Crippen molar-refractivity contribution in [3.8, 4) is 0 Å². The summed E-state index contributed by atoms with van der Waals surface area (Å²) in [6.07, 6.45) is 4.72. The zero-order valence-electron chi connectivity index (χ0n) is 11.0. The smallest absolute Gasteiger partial charge is 0.185 e. The highest BCUT2D eigenvalue weighted by molar-refractivity contribution is 7.80. The van der Waals surface area contributed by atoms with Crippen molar-refractivity contribution in [3.63, 3.8) is 0 Å². The summed E-state index contributed by atoms with van der Waals surface area (Å²) >= 11 is 5.34. The third-order valence-electron chi connectivity index (χ3n) is 2.97. The average molecular weight is 243 g/mol. The molecule has 0 aliphatic carbocycles. The molecule has 1 unspecified atom stereocenters. The number of unbranched alkanes of at least 4 members (excludes halogenated alkanes) is 1. The van der Waals surface area contributed by atoms with Gasteiger partial charge in [-0.15, -0.1) is 0 Å². The third-order valence-corrected chi connectivity index (χ3v) is 3.29. The van der Waals surface area contributed by atoms with Gasteiger partial charge in [-0.25, -0.2) is 5.43 Å². The molecule has 0 amide bonds. The Labute approximate surface area is 105 Å². The zero-order valence-corrected chi connectivity index (χ0v) is 11.8. The Morgan fingerprint density at radius 3 is 2.69 bits per heavy atom. The van der Waals surface area contributed by atoms with Gasteiger partial charge in [-0.1, -0.05) is 27.2 Å². The van der Waals surface area contributed by atoms with Gasteiger partial charge < -0.3 is 5.32 Å². The van der Waals surface area contributed by atoms with Crippen molar-refractivity contribution in [1.82, 2.24) is 15.8 Å². The topological polar surface area (TPSA) is 27.3 Å². The van der Waals surface area contributed by atoms with Crippen molar-refractivity contribution in [1.29, 1.82) is 0 Å². The van der Waals surface area contributed by atoms with Crippen LogP contribution in [0.2, 0.25) is 0 Å². The average Bonchev–Trinajstić information content (AvgIpc) is 2.49. The SMILES string of the molecule is CCCCC1(C)NC(=S)N(CCC(C)C)N1. The van der Waals surface area contributed by atoms with Gasteiger partial charge in [0.25, 0.3) is 0 Å². The predicted octanol–water partition coefficient (Wildman–Crippen LogP) is 2.63. The van der Waals surface area contributed by atoms with Crippen molar-refractivity contribution in [3.05, 3.63) is 0 Å². The quantitative estimate of drug-likeness (QED) is 0.701. The molecule has 0 radical (unpaired) electrons. The number of rotatable bonds is 6. The summed E-state index contributed by atoms with van der Waals surface area (Å²) in [6.45, 7) is 9.87. The molecular weight excluding hydrogens is 218 g/mol. The first kappa shape index (κ1) is 13.7. The highest BCUT2D eigenvalue weighted by Gasteiger charge is 2.34. The van der Waals surface area contributed by atoms with Gasteiger partial charge in [0.2, 0.25) is 0 Å². The summed E-state index contributed by atoms with van der Waals surface area (Å²) in [5.74, 6) is 0.715. The Kier molecular flexibility index (Phi) is 4.99. The molecule has 4 heteroatoms. The molecule has 1 atom stereocenters. The van der Waals surface area contributed by atoms with E-state index in [0.717, 1.165) is 18.1 Å². The van der Waals surface area contributed by atoms with E-state index in [1.54, 1.807) is 0 Å². The molecule has 0 aromatic carbocycles. The van der Waals surface area contributed by atoms with Crippen LogP contribution < -0.4 is 10.7 Å². The molecule has 0 saturated carbocycles. The maximum atomic E-state index is 5.34. The van der Waals surface area contributed by atoms with Crippen molar-refractivity contribution in [2.24, 2.45) is 5.92 Å². The van der Waals surface area contributed by atoms with Crippen LogP contribution in [0.3, 0.4) is 0 Å². The molecule has 0 aromatic rings. The van der Waals surface area contributed by atoms with Gasteiger partial charge in [0.05, 0.1) is 0 Å². The van der Waals surface area contributed by atoms with Crippen molar-refractivity contribution in [2.45, 2.75) is 59.0 Å². The fourth-order valence-corrected chi connectivity index (χ4v) is 2.24. The molecule has 2 N–H and O–H groups in total. The molecule has 1 aliphatic rings. The standard InChI is InChI=1S/C12H25N3S/c1-5-6-8-12(4)13-11(16)15(14-12)9-7-10(2)3/h10,14H,5-9H2,1-4H3,(H,13,16). The fraction of sp³-hybridized carbons (Fsp3) is 0.917. The molecule has 0 bridgehead atoms. The van der Waals surface area contributed by atoms with E-state index in [-0.39, 0.29) is 5.66 Å². The van der Waals surface area contributed by atoms with E-state index in [2.05, 4.69) is 43.4 Å². The predicted molar refractivity (Wildman–Crippen MR) is 73.0 cm³/mol. The van der Waals surface area contributed by atoms with Crippen LogP contribution in [-0.2, 0) is 0 Å². The Hall–Kier alpha value is -0.350. The lowest BCUT2D eigenvalue weighted by atomic mass is 10.1. The number of hydrogen-bond acceptors (Lipinski definition) is 2. The Balaban J connectivity index is 2.42. The molecule has 0 aromatic heterocycles. The molecule has 1 fully saturated rings. The highest BCUT2D eigenvalue weighted by Crippen LogP contribution is 2.17. The lowest BCUT2D eigenvalue weighted by Gasteiger charge is -2.25. The van der Waals surface area contributed by atoms with Crippen LogP contribution in [0.4, 0.5) is 0 Å². The highest BCUT2D eigenvalue weighted by atomic mass is 32.1. The minimum Gasteiger partial charge on any atom is -0.342 e. The van der Waals surface area contributed by atoms with Gasteiger partial charge in [0.1, 0.15) is 5.66 Å². The van der Waals surface area contributed by atoms with Crippen LogP contribution in [0.5, 0.6) is 0 Å². The summed E-state index contributed by atoms with van der Waals surface area (Å²) in [5.41, 5.74) is 3.45. The van der Waals surface area contributed by atoms with Crippen molar-refractivity contribution in [2.75, 3.05) is 6.54 Å². The van der Waals surface area contributed by atoms with Crippen LogP contribution in [0.1, 0.15) is 53.4 Å². The molecule has 3 nitrogen and oxygen atoms in total. The minimum absolute atomic E-state index is 0.0376. The second-order valence-corrected chi connectivity index (χ2v) is 5.70. The summed E-state index contributed by atoms with van der Waals surface area (Å²) in [6, 6.07) is 0. The number of hydrazine groups is 1. The van der Waals surface area contributed by atoms with Crippen molar-refractivity contribution >= 4 is 17.3 Å². The molecule has 1 aliphatic heterocycles. The largest absolute Gasteiger partial charge is 0.342 e. The monoisotopic (exact) mass is 243 g/mol. The lowest BCUT2D eigenvalue weighted by Crippen LogP contribution is -2.48. The number of thiocarbonyl (C=S) groups is 1. The van der Waals surface area contributed by atoms with Gasteiger partial charge in [-0.05, 0) is 44.3 Å². The Morgan fingerprint density at radius 1 is 1.44 bits per heavy atom. The number of hydrogen-bond donors (Lipinski definition) is 2. The van der Waals surface area contributed by atoms with Crippen LogP contribution in [0, 0.1) is 5.92 Å². The number of nitrogens with zero attached hydrogens (tertiary/aromatic N) is 1. The van der Waals surface area contributed by atoms with Crippen LogP contribution >= 0.6 is 12.2 Å². The van der Waals surface area contributed by atoms with E-state index >= 15 is 0 Å². The van der Waals surface area contributed by atoms with E-state index in [4.69, 9.17) is 12.2 Å². The first-order valence-corrected chi connectivity index (χ1v) is 6.75. The van der Waals surface area contributed by atoms with Gasteiger partial charge in [0.15, 0.2) is 5.11 Å². The molecule has 16 heavy (non-hydrogen) atoms. The second-order valence-electron chi connectivity index (χ2n) is 5.31. The van der Waals surface area contributed by atoms with E-state index < -0.39 is 0 Å². The summed E-state index contributed by atoms with van der Waals surface area (Å²) in [5, 5.41) is 6.32. The maximum Gasteiger partial charge on any atom is 0.185 e.